The zero-order valence-electron chi connectivity index (χ0n) is 14.8. The van der Waals surface area contributed by atoms with Gasteiger partial charge in [0, 0.05) is 24.3 Å². The molecule has 1 aliphatic heterocycles. The molecule has 142 valence electrons. The number of ether oxygens (including phenoxy) is 1. The molecule has 0 bridgehead atoms. The van der Waals surface area contributed by atoms with Gasteiger partial charge in [0.25, 0.3) is 5.91 Å². The number of benzene rings is 1. The number of aliphatic hydroxyl groups is 1. The zero-order valence-corrected chi connectivity index (χ0v) is 15.5. The molecule has 1 aliphatic carbocycles. The molecule has 0 unspecified atom stereocenters. The van der Waals surface area contributed by atoms with E-state index < -0.39 is 12.0 Å². The highest BCUT2D eigenvalue weighted by molar-refractivity contribution is 6.30. The fourth-order valence-electron chi connectivity index (χ4n) is 4.25. The molecule has 1 amide bonds. The van der Waals surface area contributed by atoms with Gasteiger partial charge in [-0.15, -0.1) is 0 Å². The molecule has 2 fully saturated rings. The number of halogens is 1. The van der Waals surface area contributed by atoms with Gasteiger partial charge in [0.05, 0.1) is 11.7 Å². The number of hydrogen-bond donors (Lipinski definition) is 2. The van der Waals surface area contributed by atoms with E-state index in [0.717, 1.165) is 19.5 Å². The molecule has 2 aromatic rings. The Hall–Kier alpha value is -2.31. The number of carbonyl (C=O) groups is 1. The van der Waals surface area contributed by atoms with E-state index in [4.69, 9.17) is 22.1 Å². The van der Waals surface area contributed by atoms with Gasteiger partial charge in [-0.2, -0.15) is 0 Å². The van der Waals surface area contributed by atoms with Gasteiger partial charge in [-0.3, -0.25) is 4.79 Å². The van der Waals surface area contributed by atoms with Crippen LogP contribution in [0.3, 0.4) is 0 Å². The van der Waals surface area contributed by atoms with E-state index in [0.29, 0.717) is 40.4 Å². The second-order valence-electron chi connectivity index (χ2n) is 7.32. The molecule has 3 N–H and O–H groups in total. The maximum Gasteiger partial charge on any atom is 0.252 e. The van der Waals surface area contributed by atoms with Crippen LogP contribution in [0.15, 0.2) is 42.6 Å². The largest absolute Gasteiger partial charge is 0.488 e. The summed E-state index contributed by atoms with van der Waals surface area (Å²) in [5, 5.41) is 11.2. The van der Waals surface area contributed by atoms with E-state index in [1.807, 2.05) is 12.1 Å². The normalized spacial score (nSPS) is 27.3. The van der Waals surface area contributed by atoms with Crippen molar-refractivity contribution in [2.45, 2.75) is 25.0 Å². The molecule has 27 heavy (non-hydrogen) atoms. The quantitative estimate of drug-likeness (QED) is 0.841. The molecule has 1 aromatic heterocycles. The lowest BCUT2D eigenvalue weighted by molar-refractivity contribution is -0.0231. The number of aromatic nitrogens is 1. The fraction of sp³-hybridized carbons (Fsp3) is 0.400. The summed E-state index contributed by atoms with van der Waals surface area (Å²) in [6, 6.07) is 10.6. The average molecular weight is 388 g/mol. The molecule has 0 spiro atoms. The first-order valence-corrected chi connectivity index (χ1v) is 9.49. The van der Waals surface area contributed by atoms with Crippen LogP contribution < -0.4 is 15.4 Å². The summed E-state index contributed by atoms with van der Waals surface area (Å²) in [4.78, 5) is 18.2. The standard InChI is InChI=1S/C20H22ClN3O3/c21-14-3-1-4-15(9-14)27-18-8-13-11-24(10-12(13)7-17(18)25)20-16(19(22)26)5-2-6-23-20/h1-6,9,12-13,17-18,25H,7-8,10-11H2,(H2,22,26)/t12-,13+,17+,18+/m0/s1. The van der Waals surface area contributed by atoms with E-state index in [1.54, 1.807) is 30.5 Å². The summed E-state index contributed by atoms with van der Waals surface area (Å²) >= 11 is 6.02. The number of aliphatic hydroxyl groups excluding tert-OH is 1. The number of amides is 1. The van der Waals surface area contributed by atoms with Crippen molar-refractivity contribution in [1.82, 2.24) is 4.98 Å². The maximum absolute atomic E-state index is 11.7. The van der Waals surface area contributed by atoms with Gasteiger partial charge in [-0.1, -0.05) is 17.7 Å². The van der Waals surface area contributed by atoms with E-state index in [2.05, 4.69) is 9.88 Å². The molecule has 1 saturated heterocycles. The number of hydrogen-bond acceptors (Lipinski definition) is 5. The highest BCUT2D eigenvalue weighted by Gasteiger charge is 2.43. The van der Waals surface area contributed by atoms with Crippen molar-refractivity contribution in [2.24, 2.45) is 17.6 Å². The number of pyridine rings is 1. The number of anilines is 1. The molecule has 6 nitrogen and oxygen atoms in total. The third kappa shape index (κ3) is 3.73. The SMILES string of the molecule is NC(=O)c1cccnc1N1C[C@H]2C[C@@H](Oc3cccc(Cl)c3)[C@H](O)C[C@H]2C1. The maximum atomic E-state index is 11.7. The van der Waals surface area contributed by atoms with Crippen LogP contribution in [0.1, 0.15) is 23.2 Å². The van der Waals surface area contributed by atoms with Crippen LogP contribution in [-0.4, -0.2) is 41.3 Å². The van der Waals surface area contributed by atoms with Crippen molar-refractivity contribution >= 4 is 23.3 Å². The van der Waals surface area contributed by atoms with Crippen molar-refractivity contribution < 1.29 is 14.6 Å². The van der Waals surface area contributed by atoms with E-state index in [9.17, 15) is 9.90 Å². The number of nitrogens with zero attached hydrogens (tertiary/aromatic N) is 2. The second kappa shape index (κ2) is 7.37. The Morgan fingerprint density at radius 3 is 2.74 bits per heavy atom. The molecule has 4 rings (SSSR count). The Bertz CT molecular complexity index is 847. The lowest BCUT2D eigenvalue weighted by atomic mass is 9.78. The Kier molecular flexibility index (Phi) is 4.93. The first kappa shape index (κ1) is 18.1. The summed E-state index contributed by atoms with van der Waals surface area (Å²) in [5.74, 6) is 1.51. The predicted octanol–water partition coefficient (Wildman–Crippen LogP) is 2.49. The van der Waals surface area contributed by atoms with Crippen LogP contribution in [0.5, 0.6) is 5.75 Å². The number of fused-ring (bicyclic) bond motifs is 1. The molecule has 2 heterocycles. The van der Waals surface area contributed by atoms with Crippen LogP contribution in [0.2, 0.25) is 5.02 Å². The monoisotopic (exact) mass is 387 g/mol. The van der Waals surface area contributed by atoms with E-state index in [1.165, 1.54) is 0 Å². The van der Waals surface area contributed by atoms with Crippen molar-refractivity contribution in [3.05, 3.63) is 53.2 Å². The molecule has 1 saturated carbocycles. The molecular formula is C20H22ClN3O3. The number of primary amides is 1. The van der Waals surface area contributed by atoms with Gasteiger partial charge in [0.15, 0.2) is 0 Å². The molecule has 0 radical (unpaired) electrons. The minimum atomic E-state index is -0.537. The number of rotatable bonds is 4. The second-order valence-corrected chi connectivity index (χ2v) is 7.75. The van der Waals surface area contributed by atoms with Gasteiger partial charge in [0.1, 0.15) is 17.7 Å². The Labute approximate surface area is 162 Å². The zero-order chi connectivity index (χ0) is 19.0. The van der Waals surface area contributed by atoms with Gasteiger partial charge in [0.2, 0.25) is 0 Å². The van der Waals surface area contributed by atoms with Crippen molar-refractivity contribution in [2.75, 3.05) is 18.0 Å². The van der Waals surface area contributed by atoms with Gasteiger partial charge >= 0.3 is 0 Å². The van der Waals surface area contributed by atoms with Crippen LogP contribution in [0, 0.1) is 11.8 Å². The Balaban J connectivity index is 1.48. The first-order chi connectivity index (χ1) is 13.0. The van der Waals surface area contributed by atoms with Gasteiger partial charge < -0.3 is 20.5 Å². The van der Waals surface area contributed by atoms with Crippen molar-refractivity contribution in [1.29, 1.82) is 0 Å². The van der Waals surface area contributed by atoms with Crippen LogP contribution in [0.25, 0.3) is 0 Å². The average Bonchev–Trinajstić information content (AvgIpc) is 3.04. The summed E-state index contributed by atoms with van der Waals surface area (Å²) < 4.78 is 6.02. The number of nitrogens with two attached hydrogens (primary N) is 1. The minimum Gasteiger partial charge on any atom is -0.488 e. The third-order valence-electron chi connectivity index (χ3n) is 5.52. The van der Waals surface area contributed by atoms with Crippen LogP contribution in [0.4, 0.5) is 5.82 Å². The Morgan fingerprint density at radius 1 is 1.22 bits per heavy atom. The van der Waals surface area contributed by atoms with Crippen molar-refractivity contribution in [3.63, 3.8) is 0 Å². The summed E-state index contributed by atoms with van der Waals surface area (Å²) in [7, 11) is 0. The topological polar surface area (TPSA) is 88.7 Å². The lowest BCUT2D eigenvalue weighted by Crippen LogP contribution is -2.42. The molecule has 7 heteroatoms. The fourth-order valence-corrected chi connectivity index (χ4v) is 4.43. The predicted molar refractivity (Wildman–Crippen MR) is 103 cm³/mol. The van der Waals surface area contributed by atoms with Gasteiger partial charge in [-0.05, 0) is 55.0 Å². The third-order valence-corrected chi connectivity index (χ3v) is 5.76. The van der Waals surface area contributed by atoms with E-state index >= 15 is 0 Å². The van der Waals surface area contributed by atoms with Crippen molar-refractivity contribution in [3.8, 4) is 5.75 Å². The smallest absolute Gasteiger partial charge is 0.252 e. The highest BCUT2D eigenvalue weighted by Crippen LogP contribution is 2.40. The van der Waals surface area contributed by atoms with Crippen LogP contribution in [-0.2, 0) is 0 Å². The van der Waals surface area contributed by atoms with Crippen LogP contribution >= 0.6 is 11.6 Å². The lowest BCUT2D eigenvalue weighted by Gasteiger charge is -2.35. The Morgan fingerprint density at radius 2 is 2.00 bits per heavy atom. The molecular weight excluding hydrogens is 366 g/mol. The summed E-state index contributed by atoms with van der Waals surface area (Å²) in [6.45, 7) is 1.52. The van der Waals surface area contributed by atoms with E-state index in [-0.39, 0.29) is 6.10 Å². The summed E-state index contributed by atoms with van der Waals surface area (Å²) in [6.07, 6.45) is 2.26. The first-order valence-electron chi connectivity index (χ1n) is 9.11. The number of carbonyl (C=O) groups excluding carboxylic acids is 1. The molecule has 1 aromatic carbocycles. The highest BCUT2D eigenvalue weighted by atomic mass is 35.5. The molecule has 2 aliphatic rings. The molecule has 4 atom stereocenters. The van der Waals surface area contributed by atoms with Gasteiger partial charge in [-0.25, -0.2) is 4.98 Å². The minimum absolute atomic E-state index is 0.274. The summed E-state index contributed by atoms with van der Waals surface area (Å²) in [5.41, 5.74) is 5.93.